The molecule has 0 aliphatic carbocycles. The first-order valence-electron chi connectivity index (χ1n) is 19.7. The summed E-state index contributed by atoms with van der Waals surface area (Å²) in [5, 5.41) is 10.6. The molecular weight excluding hydrogens is 592 g/mol. The number of esters is 1. The van der Waals surface area contributed by atoms with Crippen LogP contribution >= 0.6 is 0 Å². The van der Waals surface area contributed by atoms with E-state index < -0.39 is 6.09 Å². The van der Waals surface area contributed by atoms with Crippen molar-refractivity contribution in [3.05, 3.63) is 6.54 Å². The molecule has 0 spiro atoms. The number of unbranched alkanes of at least 4 members (excludes halogenated alkanes) is 23. The van der Waals surface area contributed by atoms with Gasteiger partial charge in [-0.2, -0.15) is 0 Å². The Labute approximate surface area is 290 Å². The van der Waals surface area contributed by atoms with Crippen LogP contribution < -0.4 is 5.32 Å². The van der Waals surface area contributed by atoms with E-state index in [1.165, 1.54) is 129 Å². The molecule has 2 amide bonds. The molecule has 1 radical (unpaired) electrons. The Hall–Kier alpha value is -1.99. The summed E-state index contributed by atoms with van der Waals surface area (Å²) >= 11 is 0. The number of carboxylic acid groups (broad SMARTS) is 1. The number of hydrogen-bond donors (Lipinski definition) is 2. The van der Waals surface area contributed by atoms with Gasteiger partial charge >= 0.3 is 18.2 Å². The van der Waals surface area contributed by atoms with Crippen molar-refractivity contribution in [2.45, 2.75) is 201 Å². The van der Waals surface area contributed by atoms with E-state index >= 15 is 0 Å². The Morgan fingerprint density at radius 1 is 0.553 bits per heavy atom. The monoisotopic (exact) mass is 670 g/mol. The highest BCUT2D eigenvalue weighted by molar-refractivity contribution is 5.69. The van der Waals surface area contributed by atoms with Crippen LogP contribution in [0.2, 0.25) is 0 Å². The van der Waals surface area contributed by atoms with Gasteiger partial charge in [0.2, 0.25) is 0 Å². The van der Waals surface area contributed by atoms with Crippen molar-refractivity contribution < 1.29 is 29.0 Å². The summed E-state index contributed by atoms with van der Waals surface area (Å²) in [6, 6.07) is 0. The maximum absolute atomic E-state index is 11.7. The number of ether oxygens (including phenoxy) is 2. The van der Waals surface area contributed by atoms with Crippen molar-refractivity contribution in [1.82, 2.24) is 10.2 Å². The van der Waals surface area contributed by atoms with Crippen LogP contribution in [0.15, 0.2) is 0 Å². The molecule has 279 valence electrons. The molecule has 0 bridgehead atoms. The minimum absolute atomic E-state index is 0.108. The molecule has 0 aliphatic rings. The third-order valence-corrected chi connectivity index (χ3v) is 8.35. The molecule has 47 heavy (non-hydrogen) atoms. The number of nitrogens with zero attached hydrogens (tertiary/aromatic N) is 1. The molecule has 0 aromatic carbocycles. The van der Waals surface area contributed by atoms with Crippen molar-refractivity contribution in [3.8, 4) is 0 Å². The summed E-state index contributed by atoms with van der Waals surface area (Å²) in [6.45, 7) is 10.1. The third-order valence-electron chi connectivity index (χ3n) is 8.35. The number of nitrogens with one attached hydrogen (secondary N) is 1. The third kappa shape index (κ3) is 42.0. The summed E-state index contributed by atoms with van der Waals surface area (Å²) in [6.07, 6.45) is 31.8. The second kappa shape index (κ2) is 40.2. The van der Waals surface area contributed by atoms with Gasteiger partial charge in [-0.05, 0) is 32.1 Å². The number of hydrogen-bond acceptors (Lipinski definition) is 5. The summed E-state index contributed by atoms with van der Waals surface area (Å²) in [4.78, 5) is 35.2. The molecule has 0 unspecified atom stereocenters. The predicted molar refractivity (Wildman–Crippen MR) is 197 cm³/mol. The normalized spacial score (nSPS) is 10.6. The van der Waals surface area contributed by atoms with E-state index in [1.54, 1.807) is 4.90 Å². The lowest BCUT2D eigenvalue weighted by Crippen LogP contribution is -2.28. The van der Waals surface area contributed by atoms with Gasteiger partial charge in [0.05, 0.1) is 19.8 Å². The van der Waals surface area contributed by atoms with Gasteiger partial charge in [0.1, 0.15) is 0 Å². The molecule has 0 heterocycles. The van der Waals surface area contributed by atoms with Crippen LogP contribution in [0, 0.1) is 6.54 Å². The van der Waals surface area contributed by atoms with E-state index in [9.17, 15) is 14.4 Å². The number of carbonyl (C=O) groups excluding carboxylic acids is 2. The van der Waals surface area contributed by atoms with Crippen LogP contribution in [0.5, 0.6) is 0 Å². The fraction of sp³-hybridized carbons (Fsp3) is 0.897. The van der Waals surface area contributed by atoms with E-state index in [-0.39, 0.29) is 12.1 Å². The number of carbonyl (C=O) groups is 3. The lowest BCUT2D eigenvalue weighted by Gasteiger charge is -2.16. The van der Waals surface area contributed by atoms with Crippen LogP contribution in [0.3, 0.4) is 0 Å². The molecule has 0 saturated heterocycles. The number of rotatable bonds is 33. The molecular formula is C39H77N2O6. The van der Waals surface area contributed by atoms with Gasteiger partial charge in [0, 0.05) is 20.0 Å². The van der Waals surface area contributed by atoms with Crippen molar-refractivity contribution >= 4 is 18.2 Å². The summed E-state index contributed by atoms with van der Waals surface area (Å²) in [7, 11) is 1.83. The predicted octanol–water partition coefficient (Wildman–Crippen LogP) is 12.0. The minimum Gasteiger partial charge on any atom is -0.466 e. The molecule has 8 heteroatoms. The van der Waals surface area contributed by atoms with Gasteiger partial charge < -0.3 is 24.8 Å². The molecule has 0 atom stereocenters. The second-order valence-electron chi connectivity index (χ2n) is 13.1. The van der Waals surface area contributed by atoms with Crippen LogP contribution in [0.1, 0.15) is 201 Å². The molecule has 8 nitrogen and oxygen atoms in total. The van der Waals surface area contributed by atoms with Gasteiger partial charge in [-0.1, -0.05) is 162 Å². The topological polar surface area (TPSA) is 105 Å². The molecule has 0 saturated carbocycles. The summed E-state index contributed by atoms with van der Waals surface area (Å²) < 4.78 is 10.5. The summed E-state index contributed by atoms with van der Waals surface area (Å²) in [5.41, 5.74) is 0. The first-order chi connectivity index (χ1) is 22.9. The Kier molecular flexibility index (Phi) is 40.3. The molecule has 0 rings (SSSR count). The van der Waals surface area contributed by atoms with E-state index in [2.05, 4.69) is 26.1 Å². The molecule has 0 aromatic heterocycles. The Morgan fingerprint density at radius 2 is 0.957 bits per heavy atom. The average Bonchev–Trinajstić information content (AvgIpc) is 3.05. The minimum atomic E-state index is -1.03. The Balaban J connectivity index is 0. The van der Waals surface area contributed by atoms with Crippen LogP contribution in [0.25, 0.3) is 0 Å². The first-order valence-corrected chi connectivity index (χ1v) is 19.7. The largest absolute Gasteiger partial charge is 0.466 e. The van der Waals surface area contributed by atoms with E-state index in [1.807, 2.05) is 7.05 Å². The van der Waals surface area contributed by atoms with E-state index in [4.69, 9.17) is 14.6 Å². The maximum Gasteiger partial charge on any atom is 0.409 e. The van der Waals surface area contributed by atoms with Crippen molar-refractivity contribution in [2.75, 3.05) is 26.8 Å². The quantitative estimate of drug-likeness (QED) is 0.0532. The lowest BCUT2D eigenvalue weighted by molar-refractivity contribution is -0.143. The molecule has 0 fully saturated rings. The maximum atomic E-state index is 11.7. The zero-order chi connectivity index (χ0) is 35.1. The lowest BCUT2D eigenvalue weighted by atomic mass is 10.1. The highest BCUT2D eigenvalue weighted by Gasteiger charge is 2.08. The van der Waals surface area contributed by atoms with Crippen molar-refractivity contribution in [1.29, 1.82) is 0 Å². The smallest absolute Gasteiger partial charge is 0.409 e. The highest BCUT2D eigenvalue weighted by Crippen LogP contribution is 2.12. The molecule has 0 aliphatic heterocycles. The van der Waals surface area contributed by atoms with Crippen LogP contribution in [0.4, 0.5) is 9.59 Å². The molecule has 2 N–H and O–H groups in total. The van der Waals surface area contributed by atoms with E-state index in [0.717, 1.165) is 51.5 Å². The van der Waals surface area contributed by atoms with Gasteiger partial charge in [0.25, 0.3) is 0 Å². The standard InChI is InChI=1S/C20H38NO4.C19H39NO2/c1-2-3-4-5-6-7-8-9-12-15-18-25-19(22)16-13-10-11-14-17-21-20(23)24;1-4-6-8-9-10-11-12-13-14-16-18-22-19(21)20(3)17-15-7-5-2/h17,21H,2-16,18H2,1H3,(H,23,24);4-18H2,1-3H3. The number of amides is 2. The van der Waals surface area contributed by atoms with E-state index in [0.29, 0.717) is 26.1 Å². The van der Waals surface area contributed by atoms with Crippen LogP contribution in [-0.4, -0.2) is 55.0 Å². The van der Waals surface area contributed by atoms with Gasteiger partial charge in [-0.3, -0.25) is 4.79 Å². The Morgan fingerprint density at radius 3 is 1.43 bits per heavy atom. The SMILES string of the molecule is CCCCCCCCCCCCOC(=O)CCCCC[CH]NC(=O)O.CCCCCCCCCCCCOC(=O)N(C)CCCCC. The first kappa shape index (κ1) is 47.1. The average molecular weight is 670 g/mol. The van der Waals surface area contributed by atoms with Gasteiger partial charge in [0.15, 0.2) is 0 Å². The van der Waals surface area contributed by atoms with Gasteiger partial charge in [-0.15, -0.1) is 0 Å². The van der Waals surface area contributed by atoms with Gasteiger partial charge in [-0.25, -0.2) is 9.59 Å². The zero-order valence-corrected chi connectivity index (χ0v) is 31.4. The fourth-order valence-electron chi connectivity index (χ4n) is 5.25. The second-order valence-corrected chi connectivity index (χ2v) is 13.1. The summed E-state index contributed by atoms with van der Waals surface area (Å²) in [5.74, 6) is -0.108. The zero-order valence-electron chi connectivity index (χ0n) is 31.4. The van der Waals surface area contributed by atoms with Crippen molar-refractivity contribution in [2.24, 2.45) is 0 Å². The highest BCUT2D eigenvalue weighted by atomic mass is 16.6. The Bertz CT molecular complexity index is 676. The van der Waals surface area contributed by atoms with Crippen molar-refractivity contribution in [3.63, 3.8) is 0 Å². The fourth-order valence-corrected chi connectivity index (χ4v) is 5.25. The molecule has 0 aromatic rings. The van der Waals surface area contributed by atoms with Crippen LogP contribution in [-0.2, 0) is 14.3 Å².